The van der Waals surface area contributed by atoms with E-state index in [0.29, 0.717) is 29.4 Å². The number of aryl methyl sites for hydroxylation is 1. The summed E-state index contributed by atoms with van der Waals surface area (Å²) in [5.74, 6) is 0.185. The van der Waals surface area contributed by atoms with Crippen LogP contribution >= 0.6 is 11.8 Å². The van der Waals surface area contributed by atoms with Gasteiger partial charge < -0.3 is 10.1 Å². The summed E-state index contributed by atoms with van der Waals surface area (Å²) in [5, 5.41) is 3.50. The summed E-state index contributed by atoms with van der Waals surface area (Å²) in [4.78, 5) is 31.8. The molecule has 1 aromatic carbocycles. The van der Waals surface area contributed by atoms with Crippen LogP contribution in [0, 0.1) is 6.92 Å². The maximum atomic E-state index is 12.8. The van der Waals surface area contributed by atoms with Gasteiger partial charge >= 0.3 is 0 Å². The lowest BCUT2D eigenvalue weighted by molar-refractivity contribution is -0.118. The van der Waals surface area contributed by atoms with Gasteiger partial charge in [0, 0.05) is 50.9 Å². The Bertz CT molecular complexity index is 879. The number of benzene rings is 1. The molecule has 2 heterocycles. The summed E-state index contributed by atoms with van der Waals surface area (Å²) < 4.78 is 6.86. The first-order valence-corrected chi connectivity index (χ1v) is 10.8. The van der Waals surface area contributed by atoms with Gasteiger partial charge in [-0.3, -0.25) is 19.1 Å². The van der Waals surface area contributed by atoms with E-state index < -0.39 is 0 Å². The van der Waals surface area contributed by atoms with E-state index in [2.05, 4.69) is 15.2 Å². The molecule has 7 nitrogen and oxygen atoms in total. The van der Waals surface area contributed by atoms with Gasteiger partial charge in [-0.25, -0.2) is 4.98 Å². The molecule has 0 bridgehead atoms. The van der Waals surface area contributed by atoms with Crippen molar-refractivity contribution in [2.45, 2.75) is 18.5 Å². The molecule has 1 aromatic heterocycles. The van der Waals surface area contributed by atoms with Crippen molar-refractivity contribution in [3.05, 3.63) is 57.5 Å². The highest BCUT2D eigenvalue weighted by Crippen LogP contribution is 2.16. The minimum absolute atomic E-state index is 0.0523. The van der Waals surface area contributed by atoms with Crippen molar-refractivity contribution in [2.75, 3.05) is 45.1 Å². The number of ether oxygens (including phenoxy) is 1. The minimum atomic E-state index is -0.0587. The van der Waals surface area contributed by atoms with Gasteiger partial charge in [-0.05, 0) is 12.5 Å². The van der Waals surface area contributed by atoms with Crippen LogP contribution in [0.4, 0.5) is 0 Å². The molecule has 156 valence electrons. The van der Waals surface area contributed by atoms with Crippen LogP contribution in [0.3, 0.4) is 0 Å². The van der Waals surface area contributed by atoms with Gasteiger partial charge in [0.25, 0.3) is 5.56 Å². The molecule has 0 saturated carbocycles. The third-order valence-electron chi connectivity index (χ3n) is 4.96. The summed E-state index contributed by atoms with van der Waals surface area (Å²) in [5.41, 5.74) is 2.43. The zero-order valence-corrected chi connectivity index (χ0v) is 17.8. The van der Waals surface area contributed by atoms with Crippen LogP contribution in [-0.2, 0) is 23.0 Å². The zero-order chi connectivity index (χ0) is 20.6. The van der Waals surface area contributed by atoms with Crippen molar-refractivity contribution < 1.29 is 9.53 Å². The molecular weight excluding hydrogens is 388 g/mol. The molecule has 0 spiro atoms. The Kier molecular flexibility index (Phi) is 7.85. The molecule has 2 aromatic rings. The number of nitrogens with one attached hydrogen (secondary N) is 1. The Morgan fingerprint density at radius 3 is 2.69 bits per heavy atom. The number of hydrogen-bond acceptors (Lipinski definition) is 6. The third kappa shape index (κ3) is 6.16. The Labute approximate surface area is 175 Å². The summed E-state index contributed by atoms with van der Waals surface area (Å²) in [6.07, 6.45) is 0.555. The van der Waals surface area contributed by atoms with Gasteiger partial charge in [0.15, 0.2) is 5.16 Å². The van der Waals surface area contributed by atoms with Gasteiger partial charge in [-0.2, -0.15) is 0 Å². The normalized spacial score (nSPS) is 14.7. The number of hydrogen-bond donors (Lipinski definition) is 1. The van der Waals surface area contributed by atoms with E-state index >= 15 is 0 Å². The first-order chi connectivity index (χ1) is 14.0. The minimum Gasteiger partial charge on any atom is -0.379 e. The van der Waals surface area contributed by atoms with E-state index in [9.17, 15) is 9.59 Å². The lowest BCUT2D eigenvalue weighted by Crippen LogP contribution is -2.41. The molecule has 29 heavy (non-hydrogen) atoms. The van der Waals surface area contributed by atoms with Crippen molar-refractivity contribution in [2.24, 2.45) is 7.05 Å². The molecule has 1 aliphatic rings. The van der Waals surface area contributed by atoms with Crippen LogP contribution in [-0.4, -0.2) is 65.5 Å². The maximum absolute atomic E-state index is 12.8. The number of nitrogens with zero attached hydrogens (tertiary/aromatic N) is 3. The third-order valence-corrected chi connectivity index (χ3v) is 5.99. The average Bonchev–Trinajstić information content (AvgIpc) is 2.74. The second-order valence-electron chi connectivity index (χ2n) is 7.08. The average molecular weight is 417 g/mol. The van der Waals surface area contributed by atoms with Crippen molar-refractivity contribution in [1.29, 1.82) is 0 Å². The number of aromatic nitrogens is 2. The number of morpholine rings is 1. The number of carbonyl (C=O) groups is 1. The summed E-state index contributed by atoms with van der Waals surface area (Å²) in [6, 6.07) is 9.89. The van der Waals surface area contributed by atoms with E-state index in [4.69, 9.17) is 4.74 Å². The summed E-state index contributed by atoms with van der Waals surface area (Å²) in [7, 11) is 1.71. The molecular formula is C21H28N4O3S. The van der Waals surface area contributed by atoms with Gasteiger partial charge in [0.2, 0.25) is 5.91 Å². The second kappa shape index (κ2) is 10.6. The molecule has 1 saturated heterocycles. The van der Waals surface area contributed by atoms with Gasteiger partial charge in [0.1, 0.15) is 0 Å². The topological polar surface area (TPSA) is 76.5 Å². The quantitative estimate of drug-likeness (QED) is 0.515. The lowest BCUT2D eigenvalue weighted by atomic mass is 10.1. The molecule has 1 amide bonds. The molecule has 0 atom stereocenters. The van der Waals surface area contributed by atoms with Crippen LogP contribution in [0.1, 0.15) is 16.8 Å². The number of amides is 1. The van der Waals surface area contributed by atoms with Crippen molar-refractivity contribution >= 4 is 17.7 Å². The predicted molar refractivity (Wildman–Crippen MR) is 114 cm³/mol. The number of carbonyl (C=O) groups excluding carboxylic acids is 1. The summed E-state index contributed by atoms with van der Waals surface area (Å²) >= 11 is 1.29. The van der Waals surface area contributed by atoms with E-state index in [1.54, 1.807) is 7.05 Å². The zero-order valence-electron chi connectivity index (χ0n) is 17.0. The van der Waals surface area contributed by atoms with Crippen molar-refractivity contribution in [3.8, 4) is 0 Å². The first kappa shape index (κ1) is 21.5. The predicted octanol–water partition coefficient (Wildman–Crippen LogP) is 1.22. The SMILES string of the molecule is Cc1nc(SCC(=O)NCCN2CCOCC2)n(C)c(=O)c1Cc1ccccc1. The maximum Gasteiger partial charge on any atom is 0.257 e. The summed E-state index contributed by atoms with van der Waals surface area (Å²) in [6.45, 7) is 6.61. The molecule has 0 radical (unpaired) electrons. The smallest absolute Gasteiger partial charge is 0.257 e. The standard InChI is InChI=1S/C21H28N4O3S/c1-16-18(14-17-6-4-3-5-7-17)20(27)24(2)21(23-16)29-15-19(26)22-8-9-25-10-12-28-13-11-25/h3-7H,8-15H2,1-2H3,(H,22,26). The van der Waals surface area contributed by atoms with Gasteiger partial charge in [-0.15, -0.1) is 0 Å². The van der Waals surface area contributed by atoms with Crippen LogP contribution in [0.2, 0.25) is 0 Å². The molecule has 0 unspecified atom stereocenters. The molecule has 3 rings (SSSR count). The Balaban J connectivity index is 1.54. The first-order valence-electron chi connectivity index (χ1n) is 9.84. The van der Waals surface area contributed by atoms with Crippen LogP contribution in [0.5, 0.6) is 0 Å². The Morgan fingerprint density at radius 2 is 1.97 bits per heavy atom. The fraction of sp³-hybridized carbons (Fsp3) is 0.476. The van der Waals surface area contributed by atoms with Crippen LogP contribution in [0.25, 0.3) is 0 Å². The highest BCUT2D eigenvalue weighted by Gasteiger charge is 2.15. The van der Waals surface area contributed by atoms with E-state index in [1.165, 1.54) is 16.3 Å². The fourth-order valence-corrected chi connectivity index (χ4v) is 4.06. The number of rotatable bonds is 8. The highest BCUT2D eigenvalue weighted by atomic mass is 32.2. The fourth-order valence-electron chi connectivity index (χ4n) is 3.22. The van der Waals surface area contributed by atoms with Gasteiger partial charge in [-0.1, -0.05) is 42.1 Å². The monoisotopic (exact) mass is 416 g/mol. The van der Waals surface area contributed by atoms with Crippen LogP contribution in [0.15, 0.2) is 40.3 Å². The van der Waals surface area contributed by atoms with Crippen molar-refractivity contribution in [1.82, 2.24) is 19.8 Å². The molecule has 8 heteroatoms. The van der Waals surface area contributed by atoms with Crippen LogP contribution < -0.4 is 10.9 Å². The Hall–Kier alpha value is -2.16. The number of thioether (sulfide) groups is 1. The highest BCUT2D eigenvalue weighted by molar-refractivity contribution is 7.99. The molecule has 1 fully saturated rings. The van der Waals surface area contributed by atoms with Crippen molar-refractivity contribution in [3.63, 3.8) is 0 Å². The molecule has 0 aliphatic carbocycles. The molecule has 1 aliphatic heterocycles. The molecule has 1 N–H and O–H groups in total. The van der Waals surface area contributed by atoms with E-state index in [-0.39, 0.29) is 17.2 Å². The lowest BCUT2D eigenvalue weighted by Gasteiger charge is -2.26. The second-order valence-corrected chi connectivity index (χ2v) is 8.02. The van der Waals surface area contributed by atoms with Gasteiger partial charge in [0.05, 0.1) is 19.0 Å². The Morgan fingerprint density at radius 1 is 1.24 bits per heavy atom. The van der Waals surface area contributed by atoms with E-state index in [0.717, 1.165) is 38.4 Å². The van der Waals surface area contributed by atoms with E-state index in [1.807, 2.05) is 37.3 Å². The largest absolute Gasteiger partial charge is 0.379 e.